The number of hydrogen-bond donors (Lipinski definition) is 0. The molecule has 2 rings (SSSR count). The van der Waals surface area contributed by atoms with Crippen LogP contribution in [0.15, 0.2) is 57.9 Å². The molecule has 0 N–H and O–H groups in total. The third-order valence-corrected chi connectivity index (χ3v) is 6.99. The summed E-state index contributed by atoms with van der Waals surface area (Å²) < 4.78 is 27.9. The standard InChI is InChI=1S/C18H22BrNO2S/c1-4-16(13-15-11-9-14(2)10-12-15)20(3)23(21,22)18-8-6-5-7-17(18)19/h5-12,16H,4,13H2,1-3H3. The number of likely N-dealkylation sites (N-methyl/N-ethyl adjacent to an activating group) is 1. The fraction of sp³-hybridized carbons (Fsp3) is 0.333. The Kier molecular flexibility index (Phi) is 6.00. The van der Waals surface area contributed by atoms with Crippen molar-refractivity contribution in [2.24, 2.45) is 0 Å². The minimum atomic E-state index is -3.52. The van der Waals surface area contributed by atoms with Crippen LogP contribution in [0.2, 0.25) is 0 Å². The monoisotopic (exact) mass is 395 g/mol. The van der Waals surface area contributed by atoms with E-state index in [9.17, 15) is 8.42 Å². The highest BCUT2D eigenvalue weighted by atomic mass is 79.9. The lowest BCUT2D eigenvalue weighted by molar-refractivity contribution is 0.356. The summed E-state index contributed by atoms with van der Waals surface area (Å²) in [6.07, 6.45) is 1.46. The summed E-state index contributed by atoms with van der Waals surface area (Å²) >= 11 is 3.34. The van der Waals surface area contributed by atoms with Gasteiger partial charge >= 0.3 is 0 Å². The molecule has 0 aliphatic rings. The van der Waals surface area contributed by atoms with E-state index in [0.29, 0.717) is 15.8 Å². The molecule has 2 aromatic carbocycles. The van der Waals surface area contributed by atoms with Gasteiger partial charge in [-0.05, 0) is 53.4 Å². The Hall–Kier alpha value is -1.17. The number of halogens is 1. The molecule has 5 heteroatoms. The minimum absolute atomic E-state index is 0.0742. The van der Waals surface area contributed by atoms with E-state index in [2.05, 4.69) is 40.2 Å². The van der Waals surface area contributed by atoms with E-state index in [1.165, 1.54) is 9.87 Å². The molecule has 1 unspecified atom stereocenters. The second-order valence-corrected chi connectivity index (χ2v) is 8.52. The molecule has 0 aromatic heterocycles. The SMILES string of the molecule is CCC(Cc1ccc(C)cc1)N(C)S(=O)(=O)c1ccccc1Br. The van der Waals surface area contributed by atoms with Crippen molar-refractivity contribution in [2.75, 3.05) is 7.05 Å². The Morgan fingerprint density at radius 3 is 2.26 bits per heavy atom. The predicted molar refractivity (Wildman–Crippen MR) is 98.1 cm³/mol. The first kappa shape index (κ1) is 18.2. The molecule has 0 amide bonds. The molecule has 0 aliphatic heterocycles. The van der Waals surface area contributed by atoms with E-state index in [1.54, 1.807) is 25.2 Å². The minimum Gasteiger partial charge on any atom is -0.207 e. The molecule has 0 saturated heterocycles. The van der Waals surface area contributed by atoms with Crippen LogP contribution in [-0.2, 0) is 16.4 Å². The summed E-state index contributed by atoms with van der Waals surface area (Å²) in [4.78, 5) is 0.310. The zero-order valence-corrected chi connectivity index (χ0v) is 16.1. The molecule has 0 radical (unpaired) electrons. The molecular weight excluding hydrogens is 374 g/mol. The highest BCUT2D eigenvalue weighted by molar-refractivity contribution is 9.10. The first-order valence-electron chi connectivity index (χ1n) is 7.64. The Morgan fingerprint density at radius 2 is 1.70 bits per heavy atom. The summed E-state index contributed by atoms with van der Waals surface area (Å²) in [5.41, 5.74) is 2.35. The lowest BCUT2D eigenvalue weighted by atomic mass is 10.0. The molecule has 124 valence electrons. The molecule has 0 fully saturated rings. The van der Waals surface area contributed by atoms with Gasteiger partial charge in [-0.25, -0.2) is 8.42 Å². The lowest BCUT2D eigenvalue weighted by Gasteiger charge is -2.27. The lowest BCUT2D eigenvalue weighted by Crippen LogP contribution is -2.38. The normalized spacial score (nSPS) is 13.3. The van der Waals surface area contributed by atoms with Crippen LogP contribution in [0.5, 0.6) is 0 Å². The van der Waals surface area contributed by atoms with Gasteiger partial charge in [0.15, 0.2) is 0 Å². The average Bonchev–Trinajstić information content (AvgIpc) is 2.54. The summed E-state index contributed by atoms with van der Waals surface area (Å²) in [6, 6.07) is 15.1. The maximum atomic E-state index is 12.9. The van der Waals surface area contributed by atoms with Crippen molar-refractivity contribution < 1.29 is 8.42 Å². The van der Waals surface area contributed by atoms with Gasteiger partial charge in [0.25, 0.3) is 0 Å². The third kappa shape index (κ3) is 4.22. The quantitative estimate of drug-likeness (QED) is 0.726. The topological polar surface area (TPSA) is 37.4 Å². The number of rotatable bonds is 6. The Bertz CT molecular complexity index is 757. The number of aryl methyl sites for hydroxylation is 1. The van der Waals surface area contributed by atoms with Crippen molar-refractivity contribution in [3.63, 3.8) is 0 Å². The maximum Gasteiger partial charge on any atom is 0.244 e. The second kappa shape index (κ2) is 7.60. The van der Waals surface area contributed by atoms with Crippen LogP contribution in [0.3, 0.4) is 0 Å². The van der Waals surface area contributed by atoms with Crippen molar-refractivity contribution in [3.8, 4) is 0 Å². The van der Waals surface area contributed by atoms with Crippen LogP contribution < -0.4 is 0 Å². The first-order chi connectivity index (χ1) is 10.9. The van der Waals surface area contributed by atoms with Crippen molar-refractivity contribution >= 4 is 26.0 Å². The van der Waals surface area contributed by atoms with Gasteiger partial charge in [-0.15, -0.1) is 0 Å². The van der Waals surface area contributed by atoms with E-state index in [1.807, 2.05) is 19.9 Å². The van der Waals surface area contributed by atoms with Crippen LogP contribution in [0, 0.1) is 6.92 Å². The summed E-state index contributed by atoms with van der Waals surface area (Å²) in [7, 11) is -1.86. The number of nitrogens with zero attached hydrogens (tertiary/aromatic N) is 1. The van der Waals surface area contributed by atoms with Crippen LogP contribution in [0.4, 0.5) is 0 Å². The predicted octanol–water partition coefficient (Wildman–Crippen LogP) is 4.40. The van der Waals surface area contributed by atoms with Gasteiger partial charge in [0.2, 0.25) is 10.0 Å². The van der Waals surface area contributed by atoms with Gasteiger partial charge in [0, 0.05) is 17.6 Å². The molecule has 0 spiro atoms. The van der Waals surface area contributed by atoms with Crippen LogP contribution in [0.25, 0.3) is 0 Å². The zero-order valence-electron chi connectivity index (χ0n) is 13.7. The second-order valence-electron chi connectivity index (χ2n) is 5.70. The van der Waals surface area contributed by atoms with Gasteiger partial charge in [-0.3, -0.25) is 0 Å². The number of hydrogen-bond acceptors (Lipinski definition) is 2. The van der Waals surface area contributed by atoms with Gasteiger partial charge < -0.3 is 0 Å². The van der Waals surface area contributed by atoms with Crippen LogP contribution >= 0.6 is 15.9 Å². The average molecular weight is 396 g/mol. The molecular formula is C18H22BrNO2S. The van der Waals surface area contributed by atoms with Crippen molar-refractivity contribution in [1.82, 2.24) is 4.31 Å². The number of benzene rings is 2. The largest absolute Gasteiger partial charge is 0.244 e. The summed E-state index contributed by atoms with van der Waals surface area (Å²) in [6.45, 7) is 4.06. The Morgan fingerprint density at radius 1 is 1.09 bits per heavy atom. The maximum absolute atomic E-state index is 12.9. The Balaban J connectivity index is 2.27. The van der Waals surface area contributed by atoms with Gasteiger partial charge in [0.1, 0.15) is 0 Å². The smallest absolute Gasteiger partial charge is 0.207 e. The molecule has 3 nitrogen and oxygen atoms in total. The highest BCUT2D eigenvalue weighted by Gasteiger charge is 2.28. The van der Waals surface area contributed by atoms with E-state index in [0.717, 1.165) is 12.0 Å². The van der Waals surface area contributed by atoms with E-state index >= 15 is 0 Å². The van der Waals surface area contributed by atoms with Gasteiger partial charge in [0.05, 0.1) is 4.90 Å². The van der Waals surface area contributed by atoms with Crippen LogP contribution in [-0.4, -0.2) is 25.8 Å². The van der Waals surface area contributed by atoms with E-state index in [4.69, 9.17) is 0 Å². The van der Waals surface area contributed by atoms with Crippen molar-refractivity contribution in [3.05, 3.63) is 64.1 Å². The zero-order chi connectivity index (χ0) is 17.0. The Labute approximate surface area is 147 Å². The van der Waals surface area contributed by atoms with Gasteiger partial charge in [-0.2, -0.15) is 4.31 Å². The van der Waals surface area contributed by atoms with Crippen molar-refractivity contribution in [1.29, 1.82) is 0 Å². The van der Waals surface area contributed by atoms with E-state index < -0.39 is 10.0 Å². The van der Waals surface area contributed by atoms with Crippen LogP contribution in [0.1, 0.15) is 24.5 Å². The molecule has 0 heterocycles. The molecule has 0 aliphatic carbocycles. The third-order valence-electron chi connectivity index (χ3n) is 4.07. The fourth-order valence-electron chi connectivity index (χ4n) is 2.53. The highest BCUT2D eigenvalue weighted by Crippen LogP contribution is 2.26. The molecule has 23 heavy (non-hydrogen) atoms. The molecule has 0 saturated carbocycles. The molecule has 0 bridgehead atoms. The van der Waals surface area contributed by atoms with Gasteiger partial charge in [-0.1, -0.05) is 48.9 Å². The summed E-state index contributed by atoms with van der Waals surface area (Å²) in [5.74, 6) is 0. The molecule has 2 aromatic rings. The van der Waals surface area contributed by atoms with E-state index in [-0.39, 0.29) is 6.04 Å². The van der Waals surface area contributed by atoms with Crippen molar-refractivity contribution in [2.45, 2.75) is 37.6 Å². The summed E-state index contributed by atoms with van der Waals surface area (Å²) in [5, 5.41) is 0. The fourth-order valence-corrected chi connectivity index (χ4v) is 4.92. The molecule has 1 atom stereocenters. The number of sulfonamides is 1. The first-order valence-corrected chi connectivity index (χ1v) is 9.87.